The standard InChI is InChI=1S/C12H20N4O2/c1-8-3-9(2)5-10(4-8)18-11(17)6-16-7-14-12(13)15-16/h7-10H,3-6H2,1-2H3,(H2,13,15). The van der Waals surface area contributed by atoms with Gasteiger partial charge in [-0.3, -0.25) is 4.79 Å². The van der Waals surface area contributed by atoms with Crippen LogP contribution in [0, 0.1) is 11.8 Å². The number of carbonyl (C=O) groups is 1. The molecule has 1 saturated carbocycles. The highest BCUT2D eigenvalue weighted by molar-refractivity contribution is 5.69. The minimum Gasteiger partial charge on any atom is -0.461 e. The number of carbonyl (C=O) groups excluding carboxylic acids is 1. The van der Waals surface area contributed by atoms with Gasteiger partial charge in [-0.2, -0.15) is 0 Å². The highest BCUT2D eigenvalue weighted by Crippen LogP contribution is 2.30. The summed E-state index contributed by atoms with van der Waals surface area (Å²) in [5, 5.41) is 3.86. The summed E-state index contributed by atoms with van der Waals surface area (Å²) in [6, 6.07) is 0. The van der Waals surface area contributed by atoms with E-state index >= 15 is 0 Å². The second-order valence-corrected chi connectivity index (χ2v) is 5.33. The fourth-order valence-electron chi connectivity index (χ4n) is 2.71. The zero-order valence-corrected chi connectivity index (χ0v) is 10.9. The van der Waals surface area contributed by atoms with E-state index in [2.05, 4.69) is 23.9 Å². The van der Waals surface area contributed by atoms with Gasteiger partial charge in [-0.25, -0.2) is 9.67 Å². The first-order chi connectivity index (χ1) is 8.52. The first-order valence-electron chi connectivity index (χ1n) is 6.37. The van der Waals surface area contributed by atoms with Crippen LogP contribution in [0.5, 0.6) is 0 Å². The lowest BCUT2D eigenvalue weighted by atomic mass is 9.82. The Labute approximate surface area is 107 Å². The fourth-order valence-corrected chi connectivity index (χ4v) is 2.71. The minimum atomic E-state index is -0.272. The van der Waals surface area contributed by atoms with Gasteiger partial charge in [0.25, 0.3) is 0 Å². The number of nitrogen functional groups attached to an aromatic ring is 1. The molecule has 0 amide bonds. The van der Waals surface area contributed by atoms with Crippen molar-refractivity contribution in [3.8, 4) is 0 Å². The van der Waals surface area contributed by atoms with Crippen LogP contribution in [0.2, 0.25) is 0 Å². The summed E-state index contributed by atoms with van der Waals surface area (Å²) in [7, 11) is 0. The molecule has 6 nitrogen and oxygen atoms in total. The van der Waals surface area contributed by atoms with Crippen LogP contribution in [0.1, 0.15) is 33.1 Å². The predicted molar refractivity (Wildman–Crippen MR) is 66.5 cm³/mol. The van der Waals surface area contributed by atoms with Crippen molar-refractivity contribution in [3.63, 3.8) is 0 Å². The predicted octanol–water partition coefficient (Wildman–Crippen LogP) is 1.23. The van der Waals surface area contributed by atoms with E-state index in [0.29, 0.717) is 11.8 Å². The normalized spacial score (nSPS) is 28.0. The van der Waals surface area contributed by atoms with Gasteiger partial charge in [-0.05, 0) is 31.1 Å². The Bertz CT molecular complexity index is 408. The zero-order chi connectivity index (χ0) is 13.1. The van der Waals surface area contributed by atoms with Crippen molar-refractivity contribution < 1.29 is 9.53 Å². The number of esters is 1. The topological polar surface area (TPSA) is 83.0 Å². The van der Waals surface area contributed by atoms with Crippen LogP contribution < -0.4 is 5.73 Å². The Morgan fingerprint density at radius 2 is 2.11 bits per heavy atom. The van der Waals surface area contributed by atoms with Crippen LogP contribution >= 0.6 is 0 Å². The lowest BCUT2D eigenvalue weighted by molar-refractivity contribution is -0.153. The Hall–Kier alpha value is -1.59. The van der Waals surface area contributed by atoms with Crippen LogP contribution in [0.25, 0.3) is 0 Å². The lowest BCUT2D eigenvalue weighted by Crippen LogP contribution is -2.29. The van der Waals surface area contributed by atoms with E-state index in [0.717, 1.165) is 12.8 Å². The summed E-state index contributed by atoms with van der Waals surface area (Å²) >= 11 is 0. The van der Waals surface area contributed by atoms with Gasteiger partial charge in [0.15, 0.2) is 0 Å². The van der Waals surface area contributed by atoms with Gasteiger partial charge in [0.1, 0.15) is 19.0 Å². The molecule has 1 aromatic heterocycles. The van der Waals surface area contributed by atoms with Crippen molar-refractivity contribution in [2.45, 2.75) is 45.8 Å². The number of aromatic nitrogens is 3. The summed E-state index contributed by atoms with van der Waals surface area (Å²) in [6.07, 6.45) is 4.60. The summed E-state index contributed by atoms with van der Waals surface area (Å²) in [4.78, 5) is 15.5. The Morgan fingerprint density at radius 3 is 2.67 bits per heavy atom. The van der Waals surface area contributed by atoms with Crippen molar-refractivity contribution in [2.24, 2.45) is 11.8 Å². The average Bonchev–Trinajstić information content (AvgIpc) is 2.61. The van der Waals surface area contributed by atoms with E-state index < -0.39 is 0 Å². The first-order valence-corrected chi connectivity index (χ1v) is 6.37. The van der Waals surface area contributed by atoms with Crippen LogP contribution in [-0.2, 0) is 16.1 Å². The van der Waals surface area contributed by atoms with E-state index in [1.54, 1.807) is 0 Å². The van der Waals surface area contributed by atoms with Crippen molar-refractivity contribution >= 4 is 11.9 Å². The molecule has 1 heterocycles. The molecule has 100 valence electrons. The summed E-state index contributed by atoms with van der Waals surface area (Å²) in [5.41, 5.74) is 5.38. The molecule has 1 aliphatic rings. The van der Waals surface area contributed by atoms with Crippen molar-refractivity contribution in [2.75, 3.05) is 5.73 Å². The van der Waals surface area contributed by atoms with Gasteiger partial charge in [0, 0.05) is 0 Å². The molecule has 0 radical (unpaired) electrons. The van der Waals surface area contributed by atoms with E-state index in [1.165, 1.54) is 17.4 Å². The SMILES string of the molecule is CC1CC(C)CC(OC(=O)Cn2cnc(N)n2)C1. The molecule has 2 rings (SSSR count). The molecule has 18 heavy (non-hydrogen) atoms. The Morgan fingerprint density at radius 1 is 1.44 bits per heavy atom. The molecule has 1 aromatic rings. The molecule has 0 saturated heterocycles. The van der Waals surface area contributed by atoms with Crippen LogP contribution in [0.15, 0.2) is 6.33 Å². The third kappa shape index (κ3) is 3.45. The number of nitrogens with zero attached hydrogens (tertiary/aromatic N) is 3. The molecular weight excluding hydrogens is 232 g/mol. The third-order valence-corrected chi connectivity index (χ3v) is 3.28. The molecule has 0 spiro atoms. The second kappa shape index (κ2) is 5.37. The van der Waals surface area contributed by atoms with Crippen LogP contribution in [0.4, 0.5) is 5.95 Å². The first kappa shape index (κ1) is 12.9. The maximum absolute atomic E-state index is 11.8. The molecule has 1 fully saturated rings. The molecule has 0 aliphatic heterocycles. The number of rotatable bonds is 3. The van der Waals surface area contributed by atoms with E-state index in [1.807, 2.05) is 0 Å². The molecule has 6 heteroatoms. The van der Waals surface area contributed by atoms with E-state index in [-0.39, 0.29) is 24.6 Å². The maximum Gasteiger partial charge on any atom is 0.328 e. The van der Waals surface area contributed by atoms with Crippen molar-refractivity contribution in [1.82, 2.24) is 14.8 Å². The van der Waals surface area contributed by atoms with Gasteiger partial charge in [-0.15, -0.1) is 5.10 Å². The number of anilines is 1. The molecular formula is C12H20N4O2. The summed E-state index contributed by atoms with van der Waals surface area (Å²) < 4.78 is 6.87. The van der Waals surface area contributed by atoms with Gasteiger partial charge in [0.05, 0.1) is 0 Å². The highest BCUT2D eigenvalue weighted by Gasteiger charge is 2.26. The lowest BCUT2D eigenvalue weighted by Gasteiger charge is -2.30. The van der Waals surface area contributed by atoms with Crippen molar-refractivity contribution in [1.29, 1.82) is 0 Å². The van der Waals surface area contributed by atoms with E-state index in [4.69, 9.17) is 10.5 Å². The molecule has 2 N–H and O–H groups in total. The van der Waals surface area contributed by atoms with Gasteiger partial charge in [0.2, 0.25) is 5.95 Å². The smallest absolute Gasteiger partial charge is 0.328 e. The molecule has 0 bridgehead atoms. The highest BCUT2D eigenvalue weighted by atomic mass is 16.5. The van der Waals surface area contributed by atoms with Crippen molar-refractivity contribution in [3.05, 3.63) is 6.33 Å². The number of hydrogen-bond donors (Lipinski definition) is 1. The van der Waals surface area contributed by atoms with Gasteiger partial charge in [-0.1, -0.05) is 13.8 Å². The van der Waals surface area contributed by atoms with Crippen LogP contribution in [0.3, 0.4) is 0 Å². The van der Waals surface area contributed by atoms with Crippen LogP contribution in [-0.4, -0.2) is 26.8 Å². The van der Waals surface area contributed by atoms with E-state index in [9.17, 15) is 4.79 Å². The monoisotopic (exact) mass is 252 g/mol. The van der Waals surface area contributed by atoms with Gasteiger partial charge >= 0.3 is 5.97 Å². The summed E-state index contributed by atoms with van der Waals surface area (Å²) in [5.74, 6) is 1.14. The number of nitrogens with two attached hydrogens (primary N) is 1. The quantitative estimate of drug-likeness (QED) is 0.818. The number of ether oxygens (including phenoxy) is 1. The molecule has 1 aliphatic carbocycles. The molecule has 2 unspecified atom stereocenters. The third-order valence-electron chi connectivity index (χ3n) is 3.28. The number of hydrogen-bond acceptors (Lipinski definition) is 5. The maximum atomic E-state index is 11.8. The molecule has 0 aromatic carbocycles. The zero-order valence-electron chi connectivity index (χ0n) is 10.9. The fraction of sp³-hybridized carbons (Fsp3) is 0.750. The Kier molecular flexibility index (Phi) is 3.84. The summed E-state index contributed by atoms with van der Waals surface area (Å²) in [6.45, 7) is 4.48. The Balaban J connectivity index is 1.83. The van der Waals surface area contributed by atoms with Gasteiger partial charge < -0.3 is 10.5 Å². The average molecular weight is 252 g/mol. The second-order valence-electron chi connectivity index (χ2n) is 5.33. The minimum absolute atomic E-state index is 0.0390. The molecule has 2 atom stereocenters. The largest absolute Gasteiger partial charge is 0.461 e.